The van der Waals surface area contributed by atoms with E-state index in [4.69, 9.17) is 5.73 Å². The third-order valence-electron chi connectivity index (χ3n) is 0.679. The van der Waals surface area contributed by atoms with Gasteiger partial charge in [-0.2, -0.15) is 0 Å². The van der Waals surface area contributed by atoms with E-state index in [1.54, 1.807) is 0 Å². The van der Waals surface area contributed by atoms with Gasteiger partial charge in [0.25, 0.3) is 0 Å². The van der Waals surface area contributed by atoms with Crippen molar-refractivity contribution in [1.82, 2.24) is 0 Å². The fraction of sp³-hybridized carbons (Fsp3) is 0.429. The molecule has 1 nitrogen and oxygen atoms in total. The van der Waals surface area contributed by atoms with Crippen molar-refractivity contribution >= 4 is 0 Å². The van der Waals surface area contributed by atoms with Crippen molar-refractivity contribution in [2.24, 2.45) is 5.73 Å². The number of nitrogens with two attached hydrogens (primary N) is 1. The molecule has 0 aliphatic carbocycles. The summed E-state index contributed by atoms with van der Waals surface area (Å²) in [5, 5.41) is 0. The molecule has 0 amide bonds. The van der Waals surface area contributed by atoms with Crippen molar-refractivity contribution in [3.8, 4) is 11.8 Å². The van der Waals surface area contributed by atoms with Gasteiger partial charge in [-0.05, 0) is 26.0 Å². The highest BCUT2D eigenvalue weighted by atomic mass is 14.5. The Labute approximate surface area is 50.6 Å². The average Bonchev–Trinajstić information content (AvgIpc) is 1.81. The van der Waals surface area contributed by atoms with Crippen LogP contribution in [-0.4, -0.2) is 6.54 Å². The van der Waals surface area contributed by atoms with Crippen molar-refractivity contribution in [1.29, 1.82) is 0 Å². The van der Waals surface area contributed by atoms with Crippen LogP contribution in [0.5, 0.6) is 0 Å². The summed E-state index contributed by atoms with van der Waals surface area (Å²) in [6.45, 7) is 2.52. The van der Waals surface area contributed by atoms with E-state index in [0.717, 1.165) is 6.42 Å². The SMILES string of the molecule is CC#C/C=C\CCN. The van der Waals surface area contributed by atoms with E-state index in [-0.39, 0.29) is 0 Å². The molecule has 0 radical (unpaired) electrons. The van der Waals surface area contributed by atoms with Gasteiger partial charge in [0.2, 0.25) is 0 Å². The summed E-state index contributed by atoms with van der Waals surface area (Å²) in [6, 6.07) is 0. The first-order chi connectivity index (χ1) is 3.91. The maximum absolute atomic E-state index is 5.21. The molecule has 44 valence electrons. The Bertz CT molecular complexity index is 114. The minimum atomic E-state index is 0.710. The molecule has 0 aromatic carbocycles. The third kappa shape index (κ3) is 5.26. The van der Waals surface area contributed by atoms with Gasteiger partial charge in [0.1, 0.15) is 0 Å². The van der Waals surface area contributed by atoms with Crippen LogP contribution >= 0.6 is 0 Å². The smallest absolute Gasteiger partial charge is 0.00235 e. The molecule has 0 saturated heterocycles. The zero-order valence-electron chi connectivity index (χ0n) is 5.15. The van der Waals surface area contributed by atoms with Crippen molar-refractivity contribution in [3.05, 3.63) is 12.2 Å². The number of hydrogen-bond donors (Lipinski definition) is 1. The lowest BCUT2D eigenvalue weighted by Gasteiger charge is -1.77. The highest BCUT2D eigenvalue weighted by Crippen LogP contribution is 1.75. The van der Waals surface area contributed by atoms with Crippen molar-refractivity contribution in [3.63, 3.8) is 0 Å². The monoisotopic (exact) mass is 109 g/mol. The molecule has 8 heavy (non-hydrogen) atoms. The minimum Gasteiger partial charge on any atom is -0.330 e. The summed E-state index contributed by atoms with van der Waals surface area (Å²) in [5.41, 5.74) is 5.21. The van der Waals surface area contributed by atoms with E-state index in [2.05, 4.69) is 11.8 Å². The Morgan fingerprint density at radius 3 is 2.88 bits per heavy atom. The molecule has 0 aliphatic rings. The van der Waals surface area contributed by atoms with Crippen LogP contribution in [0.2, 0.25) is 0 Å². The molecule has 0 saturated carbocycles. The van der Waals surface area contributed by atoms with Gasteiger partial charge in [-0.25, -0.2) is 0 Å². The molecule has 0 aromatic heterocycles. The second-order valence-electron chi connectivity index (χ2n) is 1.37. The zero-order valence-corrected chi connectivity index (χ0v) is 5.15. The van der Waals surface area contributed by atoms with Gasteiger partial charge < -0.3 is 5.73 Å². The Balaban J connectivity index is 3.16. The topological polar surface area (TPSA) is 26.0 Å². The van der Waals surface area contributed by atoms with E-state index in [1.807, 2.05) is 19.1 Å². The van der Waals surface area contributed by atoms with Gasteiger partial charge in [-0.1, -0.05) is 12.0 Å². The second-order valence-corrected chi connectivity index (χ2v) is 1.37. The van der Waals surface area contributed by atoms with Gasteiger partial charge >= 0.3 is 0 Å². The fourth-order valence-corrected chi connectivity index (χ4v) is 0.322. The van der Waals surface area contributed by atoms with Crippen LogP contribution < -0.4 is 5.73 Å². The van der Waals surface area contributed by atoms with E-state index in [0.29, 0.717) is 6.54 Å². The molecule has 0 fully saturated rings. The Morgan fingerprint density at radius 2 is 2.38 bits per heavy atom. The van der Waals surface area contributed by atoms with Crippen LogP contribution in [0, 0.1) is 11.8 Å². The zero-order chi connectivity index (χ0) is 6.24. The summed E-state index contributed by atoms with van der Waals surface area (Å²) in [6.07, 6.45) is 4.72. The summed E-state index contributed by atoms with van der Waals surface area (Å²) in [5.74, 6) is 5.55. The molecule has 0 rings (SSSR count). The van der Waals surface area contributed by atoms with Crippen LogP contribution in [0.25, 0.3) is 0 Å². The lowest BCUT2D eigenvalue weighted by atomic mass is 10.4. The lowest BCUT2D eigenvalue weighted by Crippen LogP contribution is -1.94. The van der Waals surface area contributed by atoms with Gasteiger partial charge in [-0.15, -0.1) is 5.92 Å². The highest BCUT2D eigenvalue weighted by molar-refractivity contribution is 5.13. The number of allylic oxidation sites excluding steroid dienone is 1. The number of rotatable bonds is 2. The predicted octanol–water partition coefficient (Wildman–Crippen LogP) is 0.915. The highest BCUT2D eigenvalue weighted by Gasteiger charge is 1.66. The first kappa shape index (κ1) is 7.26. The Morgan fingerprint density at radius 1 is 1.62 bits per heavy atom. The van der Waals surface area contributed by atoms with Crippen LogP contribution in [0.3, 0.4) is 0 Å². The van der Waals surface area contributed by atoms with Crippen molar-refractivity contribution in [2.75, 3.05) is 6.54 Å². The molecule has 0 spiro atoms. The molecule has 1 heteroatoms. The van der Waals surface area contributed by atoms with Crippen LogP contribution in [0.1, 0.15) is 13.3 Å². The van der Waals surface area contributed by atoms with Crippen LogP contribution in [0.15, 0.2) is 12.2 Å². The molecule has 0 atom stereocenters. The lowest BCUT2D eigenvalue weighted by molar-refractivity contribution is 1.01. The first-order valence-electron chi connectivity index (χ1n) is 2.69. The van der Waals surface area contributed by atoms with E-state index >= 15 is 0 Å². The summed E-state index contributed by atoms with van der Waals surface area (Å²) < 4.78 is 0. The molecule has 0 aliphatic heterocycles. The van der Waals surface area contributed by atoms with Crippen LogP contribution in [-0.2, 0) is 0 Å². The molecule has 0 aromatic rings. The van der Waals surface area contributed by atoms with Gasteiger partial charge in [0.05, 0.1) is 0 Å². The van der Waals surface area contributed by atoms with Gasteiger partial charge in [0, 0.05) is 0 Å². The Hall–Kier alpha value is -0.740. The summed E-state index contributed by atoms with van der Waals surface area (Å²) in [4.78, 5) is 0. The van der Waals surface area contributed by atoms with Gasteiger partial charge in [0.15, 0.2) is 0 Å². The molecular weight excluding hydrogens is 98.1 g/mol. The number of hydrogen-bond acceptors (Lipinski definition) is 1. The maximum atomic E-state index is 5.21. The molecular formula is C7H11N. The molecule has 0 heterocycles. The molecule has 0 bridgehead atoms. The average molecular weight is 109 g/mol. The van der Waals surface area contributed by atoms with Gasteiger partial charge in [-0.3, -0.25) is 0 Å². The largest absolute Gasteiger partial charge is 0.330 e. The predicted molar refractivity (Wildman–Crippen MR) is 36.3 cm³/mol. The maximum Gasteiger partial charge on any atom is -0.00235 e. The van der Waals surface area contributed by atoms with E-state index in [9.17, 15) is 0 Å². The summed E-state index contributed by atoms with van der Waals surface area (Å²) >= 11 is 0. The van der Waals surface area contributed by atoms with Crippen LogP contribution in [0.4, 0.5) is 0 Å². The third-order valence-corrected chi connectivity index (χ3v) is 0.679. The first-order valence-corrected chi connectivity index (χ1v) is 2.69. The van der Waals surface area contributed by atoms with E-state index in [1.165, 1.54) is 0 Å². The van der Waals surface area contributed by atoms with E-state index < -0.39 is 0 Å². The fourth-order valence-electron chi connectivity index (χ4n) is 0.322. The summed E-state index contributed by atoms with van der Waals surface area (Å²) in [7, 11) is 0. The normalized spacial score (nSPS) is 8.75. The molecule has 0 unspecified atom stereocenters. The van der Waals surface area contributed by atoms with Crippen molar-refractivity contribution < 1.29 is 0 Å². The van der Waals surface area contributed by atoms with Crippen molar-refractivity contribution in [2.45, 2.75) is 13.3 Å². The Kier molecular flexibility index (Phi) is 5.68. The minimum absolute atomic E-state index is 0.710. The molecule has 2 N–H and O–H groups in total. The standard InChI is InChI=1S/C7H11N/c1-2-3-4-5-6-7-8/h4-5H,6-8H2,1H3/b5-4-. The quantitative estimate of drug-likeness (QED) is 0.524. The second kappa shape index (κ2) is 6.26.